The second-order valence-electron chi connectivity index (χ2n) is 5.57. The molecule has 0 radical (unpaired) electrons. The molecule has 1 fully saturated rings. The smallest absolute Gasteiger partial charge is 0.225 e. The fourth-order valence-corrected chi connectivity index (χ4v) is 2.58. The largest absolute Gasteiger partial charge is 0.323 e. The van der Waals surface area contributed by atoms with Crippen molar-refractivity contribution in [1.29, 1.82) is 0 Å². The number of amides is 1. The first-order chi connectivity index (χ1) is 9.97. The number of hydrogen-bond donors (Lipinski definition) is 1. The minimum absolute atomic E-state index is 0.200. The lowest BCUT2D eigenvalue weighted by atomic mass is 10.0. The number of anilines is 1. The Morgan fingerprint density at radius 3 is 2.81 bits per heavy atom. The Bertz CT molecular complexity index is 522. The average molecular weight is 300 g/mol. The van der Waals surface area contributed by atoms with Crippen molar-refractivity contribution < 1.29 is 18.0 Å². The molecule has 6 heteroatoms. The predicted molar refractivity (Wildman–Crippen MR) is 74.4 cm³/mol. The molecule has 1 atom stereocenters. The maximum atomic E-state index is 13.4. The van der Waals surface area contributed by atoms with Gasteiger partial charge in [0.15, 0.2) is 17.5 Å². The third kappa shape index (κ3) is 4.20. The first-order valence-corrected chi connectivity index (χ1v) is 7.13. The van der Waals surface area contributed by atoms with Crippen LogP contribution < -0.4 is 5.32 Å². The van der Waals surface area contributed by atoms with E-state index < -0.39 is 23.4 Å². The van der Waals surface area contributed by atoms with E-state index in [1.807, 2.05) is 0 Å². The normalized spacial score (nSPS) is 19.5. The number of nitrogens with zero attached hydrogens (tertiary/aromatic N) is 1. The molecule has 1 aromatic rings. The summed E-state index contributed by atoms with van der Waals surface area (Å²) in [6, 6.07) is 1.81. The van der Waals surface area contributed by atoms with Gasteiger partial charge in [-0.15, -0.1) is 0 Å². The van der Waals surface area contributed by atoms with Crippen molar-refractivity contribution in [2.75, 3.05) is 25.0 Å². The van der Waals surface area contributed by atoms with Gasteiger partial charge in [0.25, 0.3) is 0 Å². The number of carbonyl (C=O) groups excluding carboxylic acids is 1. The van der Waals surface area contributed by atoms with E-state index in [4.69, 9.17) is 0 Å². The van der Waals surface area contributed by atoms with Gasteiger partial charge in [0.2, 0.25) is 5.91 Å². The lowest BCUT2D eigenvalue weighted by Gasteiger charge is -2.30. The molecular formula is C15H19F3N2O. The lowest BCUT2D eigenvalue weighted by molar-refractivity contribution is -0.116. The Morgan fingerprint density at radius 2 is 2.10 bits per heavy atom. The number of rotatable bonds is 4. The molecule has 1 N–H and O–H groups in total. The molecule has 21 heavy (non-hydrogen) atoms. The van der Waals surface area contributed by atoms with Crippen LogP contribution in [0, 0.1) is 23.4 Å². The molecule has 116 valence electrons. The summed E-state index contributed by atoms with van der Waals surface area (Å²) in [5.74, 6) is -4.00. The summed E-state index contributed by atoms with van der Waals surface area (Å²) < 4.78 is 39.3. The highest BCUT2D eigenvalue weighted by atomic mass is 19.2. The number of carbonyl (C=O) groups is 1. The van der Waals surface area contributed by atoms with E-state index in [-0.39, 0.29) is 12.1 Å². The minimum atomic E-state index is -1.57. The van der Waals surface area contributed by atoms with Crippen LogP contribution in [0.5, 0.6) is 0 Å². The molecule has 1 aromatic carbocycles. The van der Waals surface area contributed by atoms with Gasteiger partial charge in [-0.3, -0.25) is 4.79 Å². The van der Waals surface area contributed by atoms with Crippen LogP contribution >= 0.6 is 0 Å². The lowest BCUT2D eigenvalue weighted by Crippen LogP contribution is -2.36. The molecule has 0 aromatic heterocycles. The summed E-state index contributed by atoms with van der Waals surface area (Å²) >= 11 is 0. The number of halogens is 3. The second-order valence-corrected chi connectivity index (χ2v) is 5.57. The summed E-state index contributed by atoms with van der Waals surface area (Å²) in [6.07, 6.45) is 2.51. The second kappa shape index (κ2) is 6.93. The van der Waals surface area contributed by atoms with Crippen molar-refractivity contribution in [2.45, 2.75) is 26.2 Å². The predicted octanol–water partition coefficient (Wildman–Crippen LogP) is 3.16. The third-order valence-corrected chi connectivity index (χ3v) is 3.71. The molecule has 0 spiro atoms. The van der Waals surface area contributed by atoms with Crippen LogP contribution in [0.3, 0.4) is 0 Å². The standard InChI is InChI=1S/C15H19F3N2O/c1-10-3-2-7-20(9-10)8-6-13(21)19-12-5-4-11(16)14(17)15(12)18/h4-5,10H,2-3,6-9H2,1H3,(H,19,21). The first-order valence-electron chi connectivity index (χ1n) is 7.13. The first kappa shape index (κ1) is 15.8. The van der Waals surface area contributed by atoms with E-state index in [1.54, 1.807) is 0 Å². The van der Waals surface area contributed by atoms with E-state index in [2.05, 4.69) is 17.1 Å². The monoisotopic (exact) mass is 300 g/mol. The molecule has 0 aliphatic carbocycles. The van der Waals surface area contributed by atoms with Gasteiger partial charge in [-0.2, -0.15) is 0 Å². The highest BCUT2D eigenvalue weighted by molar-refractivity contribution is 5.90. The maximum absolute atomic E-state index is 13.4. The SMILES string of the molecule is CC1CCCN(CCC(=O)Nc2ccc(F)c(F)c2F)C1. The van der Waals surface area contributed by atoms with Gasteiger partial charge < -0.3 is 10.2 Å². The zero-order valence-electron chi connectivity index (χ0n) is 12.0. The molecule has 1 unspecified atom stereocenters. The molecule has 2 rings (SSSR count). The summed E-state index contributed by atoms with van der Waals surface area (Å²) in [4.78, 5) is 14.0. The van der Waals surface area contributed by atoms with E-state index >= 15 is 0 Å². The van der Waals surface area contributed by atoms with E-state index in [0.29, 0.717) is 12.5 Å². The Labute approximate surface area is 122 Å². The Morgan fingerprint density at radius 1 is 1.33 bits per heavy atom. The Hall–Kier alpha value is -1.56. The summed E-state index contributed by atoms with van der Waals surface area (Å²) in [7, 11) is 0. The third-order valence-electron chi connectivity index (χ3n) is 3.71. The molecule has 1 aliphatic heterocycles. The van der Waals surface area contributed by atoms with Crippen LogP contribution in [-0.2, 0) is 4.79 Å². The molecule has 1 saturated heterocycles. The number of nitrogens with one attached hydrogen (secondary N) is 1. The van der Waals surface area contributed by atoms with Crippen molar-refractivity contribution in [3.63, 3.8) is 0 Å². The van der Waals surface area contributed by atoms with Gasteiger partial charge in [0, 0.05) is 19.5 Å². The van der Waals surface area contributed by atoms with Crippen LogP contribution in [0.25, 0.3) is 0 Å². The van der Waals surface area contributed by atoms with E-state index in [0.717, 1.165) is 31.6 Å². The van der Waals surface area contributed by atoms with Gasteiger partial charge in [-0.05, 0) is 37.4 Å². The van der Waals surface area contributed by atoms with Crippen molar-refractivity contribution in [2.24, 2.45) is 5.92 Å². The van der Waals surface area contributed by atoms with Crippen molar-refractivity contribution in [3.8, 4) is 0 Å². The average Bonchev–Trinajstić information content (AvgIpc) is 2.46. The summed E-state index contributed by atoms with van der Waals surface area (Å²) in [5.41, 5.74) is -0.328. The fraction of sp³-hybridized carbons (Fsp3) is 0.533. The molecule has 1 heterocycles. The zero-order chi connectivity index (χ0) is 15.4. The summed E-state index contributed by atoms with van der Waals surface area (Å²) in [5, 5.41) is 2.28. The molecular weight excluding hydrogens is 281 g/mol. The van der Waals surface area contributed by atoms with Crippen LogP contribution in [-0.4, -0.2) is 30.4 Å². The van der Waals surface area contributed by atoms with Crippen LogP contribution in [0.2, 0.25) is 0 Å². The number of hydrogen-bond acceptors (Lipinski definition) is 2. The Kier molecular flexibility index (Phi) is 5.22. The highest BCUT2D eigenvalue weighted by Gasteiger charge is 2.18. The van der Waals surface area contributed by atoms with Gasteiger partial charge in [-0.25, -0.2) is 13.2 Å². The van der Waals surface area contributed by atoms with Crippen LogP contribution in [0.4, 0.5) is 18.9 Å². The van der Waals surface area contributed by atoms with Crippen LogP contribution in [0.1, 0.15) is 26.2 Å². The van der Waals surface area contributed by atoms with E-state index in [9.17, 15) is 18.0 Å². The van der Waals surface area contributed by atoms with Crippen molar-refractivity contribution in [1.82, 2.24) is 4.90 Å². The topological polar surface area (TPSA) is 32.3 Å². The van der Waals surface area contributed by atoms with E-state index in [1.165, 1.54) is 6.42 Å². The van der Waals surface area contributed by atoms with Gasteiger partial charge in [0.1, 0.15) is 0 Å². The fourth-order valence-electron chi connectivity index (χ4n) is 2.58. The maximum Gasteiger partial charge on any atom is 0.225 e. The molecule has 0 saturated carbocycles. The molecule has 0 bridgehead atoms. The zero-order valence-corrected chi connectivity index (χ0v) is 12.0. The minimum Gasteiger partial charge on any atom is -0.323 e. The quantitative estimate of drug-likeness (QED) is 0.866. The molecule has 3 nitrogen and oxygen atoms in total. The molecule has 1 amide bonds. The van der Waals surface area contributed by atoms with Gasteiger partial charge >= 0.3 is 0 Å². The van der Waals surface area contributed by atoms with Crippen molar-refractivity contribution in [3.05, 3.63) is 29.6 Å². The van der Waals surface area contributed by atoms with Gasteiger partial charge in [-0.1, -0.05) is 6.92 Å². The van der Waals surface area contributed by atoms with Gasteiger partial charge in [0.05, 0.1) is 5.69 Å². The number of benzene rings is 1. The highest BCUT2D eigenvalue weighted by Crippen LogP contribution is 2.20. The number of likely N-dealkylation sites (tertiary alicyclic amines) is 1. The number of piperidine rings is 1. The summed E-state index contributed by atoms with van der Waals surface area (Å²) in [6.45, 7) is 4.66. The Balaban J connectivity index is 1.86. The van der Waals surface area contributed by atoms with Crippen molar-refractivity contribution >= 4 is 11.6 Å². The molecule has 1 aliphatic rings. The van der Waals surface area contributed by atoms with Crippen LogP contribution in [0.15, 0.2) is 12.1 Å².